The van der Waals surface area contributed by atoms with Crippen LogP contribution in [0.2, 0.25) is 0 Å². The Hall–Kier alpha value is -2.37. The van der Waals surface area contributed by atoms with Gasteiger partial charge in [-0.15, -0.1) is 0 Å². The minimum absolute atomic E-state index is 0.0717. The highest BCUT2D eigenvalue weighted by Crippen LogP contribution is 2.12. The van der Waals surface area contributed by atoms with Crippen molar-refractivity contribution in [3.05, 3.63) is 29.8 Å². The molecule has 1 unspecified atom stereocenters. The average Bonchev–Trinajstić information content (AvgIpc) is 2.51. The fourth-order valence-corrected chi connectivity index (χ4v) is 1.49. The number of hydrogen-bond donors (Lipinski definition) is 2. The molecular weight excluding hydrogens is 272 g/mol. The van der Waals surface area contributed by atoms with E-state index in [0.29, 0.717) is 12.1 Å². The highest BCUT2D eigenvalue weighted by Gasteiger charge is 2.11. The van der Waals surface area contributed by atoms with Crippen LogP contribution in [-0.4, -0.2) is 24.8 Å². The molecule has 0 saturated carbocycles. The van der Waals surface area contributed by atoms with Gasteiger partial charge >= 0.3 is 5.97 Å². The zero-order chi connectivity index (χ0) is 15.7. The predicted molar refractivity (Wildman–Crippen MR) is 78.4 cm³/mol. The van der Waals surface area contributed by atoms with Crippen LogP contribution >= 0.6 is 0 Å². The molecule has 1 rings (SSSR count). The number of nitrogens with one attached hydrogen (secondary N) is 2. The van der Waals surface area contributed by atoms with Gasteiger partial charge in [-0.1, -0.05) is 26.0 Å². The molecule has 1 aromatic carbocycles. The van der Waals surface area contributed by atoms with E-state index in [2.05, 4.69) is 10.6 Å². The molecule has 0 heterocycles. The summed E-state index contributed by atoms with van der Waals surface area (Å²) in [7, 11) is 0. The normalized spacial score (nSPS) is 11.3. The van der Waals surface area contributed by atoms with Crippen LogP contribution in [0.5, 0.6) is 0 Å². The summed E-state index contributed by atoms with van der Waals surface area (Å²) in [6.45, 7) is 3.90. The maximum Gasteiger partial charge on any atom is 0.308 e. The molecule has 0 saturated heterocycles. The molecule has 0 fully saturated rings. The van der Waals surface area contributed by atoms with Crippen molar-refractivity contribution in [2.75, 3.05) is 11.9 Å². The first-order chi connectivity index (χ1) is 10.1. The third-order valence-corrected chi connectivity index (χ3v) is 2.98. The van der Waals surface area contributed by atoms with E-state index in [0.717, 1.165) is 12.0 Å². The molecule has 21 heavy (non-hydrogen) atoms. The van der Waals surface area contributed by atoms with E-state index in [-0.39, 0.29) is 30.9 Å². The fraction of sp³-hybridized carbons (Fsp3) is 0.400. The zero-order valence-electron chi connectivity index (χ0n) is 12.2. The van der Waals surface area contributed by atoms with Crippen LogP contribution in [0.15, 0.2) is 24.3 Å². The van der Waals surface area contributed by atoms with Crippen molar-refractivity contribution in [3.63, 3.8) is 0 Å². The third kappa shape index (κ3) is 6.07. The lowest BCUT2D eigenvalue weighted by atomic mass is 10.1. The van der Waals surface area contributed by atoms with Gasteiger partial charge in [0.25, 0.3) is 0 Å². The van der Waals surface area contributed by atoms with Crippen LogP contribution in [0, 0.1) is 5.92 Å². The lowest BCUT2D eigenvalue weighted by molar-refractivity contribution is -0.149. The van der Waals surface area contributed by atoms with Gasteiger partial charge in [-0.2, -0.15) is 0 Å². The van der Waals surface area contributed by atoms with Gasteiger partial charge in [0.05, 0.1) is 12.5 Å². The number of benzene rings is 1. The van der Waals surface area contributed by atoms with Crippen molar-refractivity contribution in [1.82, 2.24) is 5.32 Å². The minimum atomic E-state index is -0.307. The van der Waals surface area contributed by atoms with Crippen LogP contribution < -0.4 is 10.6 Å². The first-order valence-electron chi connectivity index (χ1n) is 6.79. The fourth-order valence-electron chi connectivity index (χ4n) is 1.49. The van der Waals surface area contributed by atoms with Crippen molar-refractivity contribution >= 4 is 24.0 Å². The molecule has 2 amide bonds. The SMILES string of the molecule is CCC(C)C(=O)OCc1ccc(NC(=O)CNC=O)cc1. The summed E-state index contributed by atoms with van der Waals surface area (Å²) in [6.07, 6.45) is 1.22. The number of carbonyl (C=O) groups is 3. The first kappa shape index (κ1) is 16.7. The largest absolute Gasteiger partial charge is 0.461 e. The van der Waals surface area contributed by atoms with Crippen molar-refractivity contribution < 1.29 is 19.1 Å². The van der Waals surface area contributed by atoms with Gasteiger partial charge in [0.2, 0.25) is 12.3 Å². The smallest absolute Gasteiger partial charge is 0.308 e. The monoisotopic (exact) mass is 292 g/mol. The maximum atomic E-state index is 11.5. The van der Waals surface area contributed by atoms with Crippen LogP contribution in [0.4, 0.5) is 5.69 Å². The molecular formula is C15H20N2O4. The van der Waals surface area contributed by atoms with Gasteiger partial charge in [-0.05, 0) is 24.1 Å². The van der Waals surface area contributed by atoms with Gasteiger partial charge < -0.3 is 15.4 Å². The number of ether oxygens (including phenoxy) is 1. The van der Waals surface area contributed by atoms with E-state index in [1.165, 1.54) is 0 Å². The average molecular weight is 292 g/mol. The lowest BCUT2D eigenvalue weighted by Crippen LogP contribution is -2.26. The Morgan fingerprint density at radius 3 is 2.52 bits per heavy atom. The summed E-state index contributed by atoms with van der Waals surface area (Å²) in [6, 6.07) is 6.97. The molecule has 0 radical (unpaired) electrons. The van der Waals surface area contributed by atoms with E-state index in [4.69, 9.17) is 4.74 Å². The standard InChI is InChI=1S/C15H20N2O4/c1-3-11(2)15(20)21-9-12-4-6-13(7-5-12)17-14(19)8-16-10-18/h4-7,10-11H,3,8-9H2,1-2H3,(H,16,18)(H,17,19). The second kappa shape index (κ2) is 8.73. The van der Waals surface area contributed by atoms with Crippen molar-refractivity contribution in [2.24, 2.45) is 5.92 Å². The van der Waals surface area contributed by atoms with E-state index >= 15 is 0 Å². The summed E-state index contributed by atoms with van der Waals surface area (Å²) in [5, 5.41) is 4.91. The number of carbonyl (C=O) groups excluding carboxylic acids is 3. The molecule has 0 spiro atoms. The maximum absolute atomic E-state index is 11.5. The van der Waals surface area contributed by atoms with Gasteiger partial charge in [-0.3, -0.25) is 14.4 Å². The van der Waals surface area contributed by atoms with Crippen molar-refractivity contribution in [3.8, 4) is 0 Å². The van der Waals surface area contributed by atoms with Crippen molar-refractivity contribution in [2.45, 2.75) is 26.9 Å². The molecule has 0 aromatic heterocycles. The molecule has 6 nitrogen and oxygen atoms in total. The molecule has 0 aliphatic heterocycles. The summed E-state index contributed by atoms with van der Waals surface area (Å²) >= 11 is 0. The minimum Gasteiger partial charge on any atom is -0.461 e. The predicted octanol–water partition coefficient (Wildman–Crippen LogP) is 1.46. The first-order valence-corrected chi connectivity index (χ1v) is 6.79. The van der Waals surface area contributed by atoms with Gasteiger partial charge in [0, 0.05) is 5.69 Å². The molecule has 0 aliphatic carbocycles. The van der Waals surface area contributed by atoms with Gasteiger partial charge in [0.1, 0.15) is 6.61 Å². The Morgan fingerprint density at radius 1 is 1.29 bits per heavy atom. The molecule has 0 aliphatic rings. The van der Waals surface area contributed by atoms with Crippen LogP contribution in [0.25, 0.3) is 0 Å². The molecule has 6 heteroatoms. The van der Waals surface area contributed by atoms with E-state index < -0.39 is 0 Å². The topological polar surface area (TPSA) is 84.5 Å². The molecule has 1 atom stereocenters. The Kier molecular flexibility index (Phi) is 6.94. The summed E-state index contributed by atoms with van der Waals surface area (Å²) in [5.74, 6) is -0.623. The second-order valence-corrected chi connectivity index (χ2v) is 4.66. The Balaban J connectivity index is 2.45. The zero-order valence-corrected chi connectivity index (χ0v) is 12.2. The summed E-state index contributed by atoms with van der Waals surface area (Å²) in [5.41, 5.74) is 1.46. The van der Waals surface area contributed by atoms with Gasteiger partial charge in [0.15, 0.2) is 0 Å². The van der Waals surface area contributed by atoms with Crippen LogP contribution in [0.1, 0.15) is 25.8 Å². The number of rotatable bonds is 8. The van der Waals surface area contributed by atoms with E-state index in [1.54, 1.807) is 24.3 Å². The lowest BCUT2D eigenvalue weighted by Gasteiger charge is -2.10. The number of esters is 1. The highest BCUT2D eigenvalue weighted by atomic mass is 16.5. The second-order valence-electron chi connectivity index (χ2n) is 4.66. The molecule has 0 bridgehead atoms. The van der Waals surface area contributed by atoms with E-state index in [9.17, 15) is 14.4 Å². The van der Waals surface area contributed by atoms with E-state index in [1.807, 2.05) is 13.8 Å². The van der Waals surface area contributed by atoms with Gasteiger partial charge in [-0.25, -0.2) is 0 Å². The van der Waals surface area contributed by atoms with Crippen LogP contribution in [0.3, 0.4) is 0 Å². The van der Waals surface area contributed by atoms with Crippen molar-refractivity contribution in [1.29, 1.82) is 0 Å². The summed E-state index contributed by atoms with van der Waals surface area (Å²) < 4.78 is 5.18. The third-order valence-electron chi connectivity index (χ3n) is 2.98. The number of amides is 2. The van der Waals surface area contributed by atoms with Crippen LogP contribution in [-0.2, 0) is 25.7 Å². The molecule has 2 N–H and O–H groups in total. The Morgan fingerprint density at radius 2 is 1.95 bits per heavy atom. The Bertz CT molecular complexity index is 485. The molecule has 1 aromatic rings. The number of anilines is 1. The number of hydrogen-bond acceptors (Lipinski definition) is 4. The highest BCUT2D eigenvalue weighted by molar-refractivity contribution is 5.93. The quantitative estimate of drug-likeness (QED) is 0.561. The summed E-state index contributed by atoms with van der Waals surface area (Å²) in [4.78, 5) is 33.0. The molecule has 114 valence electrons. The Labute approximate surface area is 123 Å².